The molecule has 23 heavy (non-hydrogen) atoms. The Morgan fingerprint density at radius 3 is 2.09 bits per heavy atom. The molecule has 0 saturated heterocycles. The van der Waals surface area contributed by atoms with E-state index in [2.05, 4.69) is 20.8 Å². The maximum Gasteiger partial charge on any atom is 0.0614 e. The smallest absolute Gasteiger partial charge is 0.0614 e. The molecule has 0 amide bonds. The van der Waals surface area contributed by atoms with Crippen LogP contribution in [-0.4, -0.2) is 34.1 Å². The summed E-state index contributed by atoms with van der Waals surface area (Å²) in [5.74, 6) is 1.17. The first-order valence-electron chi connectivity index (χ1n) is 9.40. The van der Waals surface area contributed by atoms with Crippen LogP contribution in [0.2, 0.25) is 0 Å². The first kappa shape index (κ1) is 22.6. The van der Waals surface area contributed by atoms with Crippen molar-refractivity contribution in [2.45, 2.75) is 91.8 Å². The highest BCUT2D eigenvalue weighted by atomic mass is 16.3. The minimum atomic E-state index is -0.401. The van der Waals surface area contributed by atoms with E-state index in [-0.39, 0.29) is 18.4 Å². The standard InChI is InChI=1S/C20H40O3/c1-15(2)19(22)14-20(23)18(5)11-7-10-16(3)8-6-9-17(4)12-13-21/h12,15-16,18-23H,6-11,13-14H2,1-5H3. The summed E-state index contributed by atoms with van der Waals surface area (Å²) in [6.07, 6.45) is 8.43. The van der Waals surface area contributed by atoms with Gasteiger partial charge in [0.25, 0.3) is 0 Å². The van der Waals surface area contributed by atoms with Gasteiger partial charge in [0.15, 0.2) is 0 Å². The van der Waals surface area contributed by atoms with E-state index in [4.69, 9.17) is 5.11 Å². The Morgan fingerprint density at radius 1 is 0.913 bits per heavy atom. The number of aliphatic hydroxyl groups is 3. The molecule has 0 aromatic rings. The van der Waals surface area contributed by atoms with Crippen LogP contribution in [0.5, 0.6) is 0 Å². The second-order valence-corrected chi connectivity index (χ2v) is 7.75. The maximum atomic E-state index is 10.2. The van der Waals surface area contributed by atoms with Crippen molar-refractivity contribution >= 4 is 0 Å². The minimum Gasteiger partial charge on any atom is -0.393 e. The molecule has 138 valence electrons. The van der Waals surface area contributed by atoms with Gasteiger partial charge in [-0.05, 0) is 50.4 Å². The van der Waals surface area contributed by atoms with E-state index in [1.165, 1.54) is 24.8 Å². The molecule has 0 aliphatic heterocycles. The van der Waals surface area contributed by atoms with Crippen LogP contribution in [0.3, 0.4) is 0 Å². The summed E-state index contributed by atoms with van der Waals surface area (Å²) in [6, 6.07) is 0. The minimum absolute atomic E-state index is 0.146. The molecule has 0 saturated carbocycles. The normalized spacial score (nSPS) is 18.0. The lowest BCUT2D eigenvalue weighted by Crippen LogP contribution is -2.27. The molecule has 0 aliphatic rings. The summed E-state index contributed by atoms with van der Waals surface area (Å²) in [5, 5.41) is 28.9. The zero-order valence-electron chi connectivity index (χ0n) is 16.0. The maximum absolute atomic E-state index is 10.2. The van der Waals surface area contributed by atoms with Crippen LogP contribution in [0.15, 0.2) is 11.6 Å². The summed E-state index contributed by atoms with van der Waals surface area (Å²) >= 11 is 0. The number of aliphatic hydroxyl groups excluding tert-OH is 3. The summed E-state index contributed by atoms with van der Waals surface area (Å²) in [4.78, 5) is 0. The van der Waals surface area contributed by atoms with Crippen LogP contribution in [0, 0.1) is 17.8 Å². The topological polar surface area (TPSA) is 60.7 Å². The SMILES string of the molecule is CC(=CCO)CCCC(C)CCCC(C)C(O)CC(O)C(C)C. The van der Waals surface area contributed by atoms with E-state index in [1.807, 2.05) is 19.9 Å². The molecule has 0 rings (SSSR count). The van der Waals surface area contributed by atoms with Gasteiger partial charge in [0, 0.05) is 0 Å². The van der Waals surface area contributed by atoms with Gasteiger partial charge in [-0.25, -0.2) is 0 Å². The van der Waals surface area contributed by atoms with E-state index in [0.717, 1.165) is 19.3 Å². The van der Waals surface area contributed by atoms with Gasteiger partial charge in [-0.1, -0.05) is 58.6 Å². The first-order chi connectivity index (χ1) is 10.8. The second-order valence-electron chi connectivity index (χ2n) is 7.75. The van der Waals surface area contributed by atoms with Crippen molar-refractivity contribution in [2.24, 2.45) is 17.8 Å². The highest BCUT2D eigenvalue weighted by molar-refractivity contribution is 4.97. The van der Waals surface area contributed by atoms with E-state index >= 15 is 0 Å². The van der Waals surface area contributed by atoms with Gasteiger partial charge < -0.3 is 15.3 Å². The van der Waals surface area contributed by atoms with Gasteiger partial charge in [0.2, 0.25) is 0 Å². The fraction of sp³-hybridized carbons (Fsp3) is 0.900. The van der Waals surface area contributed by atoms with Gasteiger partial charge in [-0.2, -0.15) is 0 Å². The van der Waals surface area contributed by atoms with E-state index < -0.39 is 12.2 Å². The lowest BCUT2D eigenvalue weighted by atomic mass is 9.89. The fourth-order valence-electron chi connectivity index (χ4n) is 2.86. The molecule has 0 bridgehead atoms. The quantitative estimate of drug-likeness (QED) is 0.442. The monoisotopic (exact) mass is 328 g/mol. The predicted molar refractivity (Wildman–Crippen MR) is 98.3 cm³/mol. The molecule has 0 aromatic heterocycles. The Hall–Kier alpha value is -0.380. The summed E-state index contributed by atoms with van der Waals surface area (Å²) < 4.78 is 0. The predicted octanol–water partition coefficient (Wildman–Crippen LogP) is 4.31. The average Bonchev–Trinajstić information content (AvgIpc) is 2.47. The lowest BCUT2D eigenvalue weighted by molar-refractivity contribution is 0.0260. The van der Waals surface area contributed by atoms with E-state index in [1.54, 1.807) is 0 Å². The fourth-order valence-corrected chi connectivity index (χ4v) is 2.86. The van der Waals surface area contributed by atoms with Crippen LogP contribution in [0.25, 0.3) is 0 Å². The molecule has 0 spiro atoms. The van der Waals surface area contributed by atoms with Crippen LogP contribution in [0.4, 0.5) is 0 Å². The molecular weight excluding hydrogens is 288 g/mol. The summed E-state index contributed by atoms with van der Waals surface area (Å²) in [5.41, 5.74) is 1.28. The van der Waals surface area contributed by atoms with Crippen molar-refractivity contribution < 1.29 is 15.3 Å². The molecule has 0 heterocycles. The molecule has 4 atom stereocenters. The Labute approximate surface area is 143 Å². The first-order valence-corrected chi connectivity index (χ1v) is 9.40. The van der Waals surface area contributed by atoms with Gasteiger partial charge >= 0.3 is 0 Å². The van der Waals surface area contributed by atoms with Crippen LogP contribution < -0.4 is 0 Å². The Morgan fingerprint density at radius 2 is 1.52 bits per heavy atom. The molecule has 0 aliphatic carbocycles. The van der Waals surface area contributed by atoms with Gasteiger partial charge in [-0.15, -0.1) is 0 Å². The number of hydrogen-bond acceptors (Lipinski definition) is 3. The summed E-state index contributed by atoms with van der Waals surface area (Å²) in [6.45, 7) is 10.6. The third-order valence-electron chi connectivity index (χ3n) is 4.97. The Kier molecular flexibility index (Phi) is 12.8. The molecule has 3 nitrogen and oxygen atoms in total. The van der Waals surface area contributed by atoms with Gasteiger partial charge in [0.1, 0.15) is 0 Å². The van der Waals surface area contributed by atoms with Crippen molar-refractivity contribution in [1.29, 1.82) is 0 Å². The second kappa shape index (κ2) is 13.0. The Bertz CT molecular complexity index is 312. The highest BCUT2D eigenvalue weighted by Gasteiger charge is 2.20. The Balaban J connectivity index is 3.81. The summed E-state index contributed by atoms with van der Waals surface area (Å²) in [7, 11) is 0. The number of hydrogen-bond donors (Lipinski definition) is 3. The zero-order valence-corrected chi connectivity index (χ0v) is 16.0. The zero-order chi connectivity index (χ0) is 17.8. The van der Waals surface area contributed by atoms with Crippen molar-refractivity contribution in [3.05, 3.63) is 11.6 Å². The molecule has 3 N–H and O–H groups in total. The van der Waals surface area contributed by atoms with Crippen LogP contribution in [0.1, 0.15) is 79.6 Å². The third-order valence-corrected chi connectivity index (χ3v) is 4.97. The molecule has 0 aromatic carbocycles. The average molecular weight is 329 g/mol. The van der Waals surface area contributed by atoms with Crippen molar-refractivity contribution in [3.63, 3.8) is 0 Å². The molecule has 0 radical (unpaired) electrons. The highest BCUT2D eigenvalue weighted by Crippen LogP contribution is 2.22. The lowest BCUT2D eigenvalue weighted by Gasteiger charge is -2.23. The largest absolute Gasteiger partial charge is 0.393 e. The molecule has 0 fully saturated rings. The number of allylic oxidation sites excluding steroid dienone is 1. The van der Waals surface area contributed by atoms with Crippen molar-refractivity contribution in [3.8, 4) is 0 Å². The molecule has 4 unspecified atom stereocenters. The molecular formula is C20H40O3. The van der Waals surface area contributed by atoms with Crippen molar-refractivity contribution in [1.82, 2.24) is 0 Å². The van der Waals surface area contributed by atoms with E-state index in [9.17, 15) is 10.2 Å². The van der Waals surface area contributed by atoms with E-state index in [0.29, 0.717) is 12.3 Å². The number of rotatable bonds is 13. The molecule has 3 heteroatoms. The van der Waals surface area contributed by atoms with Crippen LogP contribution >= 0.6 is 0 Å². The van der Waals surface area contributed by atoms with Gasteiger partial charge in [-0.3, -0.25) is 0 Å². The third kappa shape index (κ3) is 11.7. The van der Waals surface area contributed by atoms with Crippen molar-refractivity contribution in [2.75, 3.05) is 6.61 Å². The van der Waals surface area contributed by atoms with Gasteiger partial charge in [0.05, 0.1) is 18.8 Å². The van der Waals surface area contributed by atoms with Crippen LogP contribution in [-0.2, 0) is 0 Å².